The fraction of sp³-hybridized carbons (Fsp3) is 0.158. The normalized spacial score (nSPS) is 11.4. The van der Waals surface area contributed by atoms with E-state index in [0.29, 0.717) is 21.4 Å². The lowest BCUT2D eigenvalue weighted by Gasteiger charge is -2.11. The van der Waals surface area contributed by atoms with Gasteiger partial charge in [-0.3, -0.25) is 0 Å². The van der Waals surface area contributed by atoms with Gasteiger partial charge in [-0.2, -0.15) is 0 Å². The zero-order valence-corrected chi connectivity index (χ0v) is 15.8. The lowest BCUT2D eigenvalue weighted by atomic mass is 10.0. The van der Waals surface area contributed by atoms with Crippen molar-refractivity contribution >= 4 is 44.7 Å². The van der Waals surface area contributed by atoms with E-state index in [-0.39, 0.29) is 6.61 Å². The Bertz CT molecular complexity index is 967. The van der Waals surface area contributed by atoms with E-state index in [1.54, 1.807) is 6.07 Å². The molecule has 0 aliphatic rings. The number of methoxy groups -OCH3 is 2. The average Bonchev–Trinajstić information content (AvgIpc) is 3.09. The predicted molar refractivity (Wildman–Crippen MR) is 102 cm³/mol. The molecule has 2 aromatic carbocycles. The number of rotatable bonds is 6. The number of ether oxygens (including phenoxy) is 3. The van der Waals surface area contributed by atoms with Crippen LogP contribution >= 0.6 is 22.9 Å². The van der Waals surface area contributed by atoms with Crippen LogP contribution in [-0.4, -0.2) is 25.2 Å². The molecule has 0 bridgehead atoms. The fourth-order valence-electron chi connectivity index (χ4n) is 2.45. The van der Waals surface area contributed by atoms with Gasteiger partial charge in [-0.1, -0.05) is 53.3 Å². The summed E-state index contributed by atoms with van der Waals surface area (Å²) >= 11 is 7.57. The summed E-state index contributed by atoms with van der Waals surface area (Å²) in [5.74, 6) is -0.480. The van der Waals surface area contributed by atoms with E-state index in [1.807, 2.05) is 36.4 Å². The predicted octanol–water partition coefficient (Wildman–Crippen LogP) is 4.69. The first-order valence-corrected chi connectivity index (χ1v) is 8.91. The number of esters is 1. The Morgan fingerprint density at radius 1 is 1.19 bits per heavy atom. The first kappa shape index (κ1) is 18.2. The van der Waals surface area contributed by atoms with Gasteiger partial charge in [0.1, 0.15) is 17.7 Å². The molecule has 5 nitrogen and oxygen atoms in total. The van der Waals surface area contributed by atoms with Crippen molar-refractivity contribution in [3.63, 3.8) is 0 Å². The van der Waals surface area contributed by atoms with Crippen LogP contribution in [0.2, 0.25) is 5.02 Å². The van der Waals surface area contributed by atoms with Crippen molar-refractivity contribution in [2.45, 2.75) is 6.61 Å². The number of hydrogen-bond donors (Lipinski definition) is 0. The maximum atomic E-state index is 12.0. The molecule has 0 saturated carbocycles. The van der Waals surface area contributed by atoms with Crippen molar-refractivity contribution in [1.29, 1.82) is 0 Å². The second-order valence-corrected chi connectivity index (χ2v) is 6.67. The molecule has 0 amide bonds. The number of carbonyl (C=O) groups is 1. The number of fused-ring (bicyclic) bond motifs is 1. The number of aromatic nitrogens is 1. The highest BCUT2D eigenvalue weighted by atomic mass is 35.5. The maximum Gasteiger partial charge on any atom is 0.341 e. The maximum absolute atomic E-state index is 12.0. The van der Waals surface area contributed by atoms with Gasteiger partial charge in [0.15, 0.2) is 0 Å². The Kier molecular flexibility index (Phi) is 5.75. The number of carbonyl (C=O) groups excluding carboxylic acids is 1. The van der Waals surface area contributed by atoms with Crippen molar-refractivity contribution < 1.29 is 19.0 Å². The minimum atomic E-state index is -0.480. The highest BCUT2D eigenvalue weighted by Gasteiger charge is 2.17. The standard InChI is InChI=1S/C19H16ClNO4S/c1-23-11-14(18(22)24-2)13-7-4-3-6-12(13)10-25-19-21-17-15(20)8-5-9-16(17)26-19/h3-9,11H,10H2,1-2H3/b14-11+. The first-order valence-electron chi connectivity index (χ1n) is 7.71. The van der Waals surface area contributed by atoms with E-state index in [9.17, 15) is 4.79 Å². The van der Waals surface area contributed by atoms with Crippen LogP contribution in [0.25, 0.3) is 15.8 Å². The highest BCUT2D eigenvalue weighted by Crippen LogP contribution is 2.32. The number of hydrogen-bond acceptors (Lipinski definition) is 6. The number of halogens is 1. The van der Waals surface area contributed by atoms with E-state index in [0.717, 1.165) is 15.8 Å². The largest absolute Gasteiger partial charge is 0.503 e. The number of nitrogens with zero attached hydrogens (tertiary/aromatic N) is 1. The van der Waals surface area contributed by atoms with E-state index < -0.39 is 5.97 Å². The fourth-order valence-corrected chi connectivity index (χ4v) is 3.57. The Morgan fingerprint density at radius 2 is 2.00 bits per heavy atom. The summed E-state index contributed by atoms with van der Waals surface area (Å²) in [6.07, 6.45) is 1.36. The lowest BCUT2D eigenvalue weighted by molar-refractivity contribution is -0.133. The lowest BCUT2D eigenvalue weighted by Crippen LogP contribution is -2.08. The molecule has 1 aromatic heterocycles. The third-order valence-electron chi connectivity index (χ3n) is 3.65. The van der Waals surface area contributed by atoms with Crippen LogP contribution < -0.4 is 4.74 Å². The topological polar surface area (TPSA) is 57.7 Å². The minimum absolute atomic E-state index is 0.242. The molecule has 3 aromatic rings. The molecule has 0 aliphatic carbocycles. The number of benzene rings is 2. The SMILES string of the molecule is CO/C=C(/C(=O)OC)c1ccccc1COc1nc2c(Cl)cccc2s1. The summed E-state index contributed by atoms with van der Waals surface area (Å²) in [7, 11) is 2.81. The Hall–Kier alpha value is -2.57. The molecule has 0 saturated heterocycles. The summed E-state index contributed by atoms with van der Waals surface area (Å²) in [6.45, 7) is 0.242. The van der Waals surface area contributed by atoms with Gasteiger partial charge in [0, 0.05) is 0 Å². The summed E-state index contributed by atoms with van der Waals surface area (Å²) in [5.41, 5.74) is 2.53. The van der Waals surface area contributed by atoms with Crippen LogP contribution in [0.4, 0.5) is 0 Å². The Balaban J connectivity index is 1.87. The molecule has 0 spiro atoms. The van der Waals surface area contributed by atoms with E-state index in [4.69, 9.17) is 25.8 Å². The Morgan fingerprint density at radius 3 is 2.73 bits per heavy atom. The molecule has 134 valence electrons. The molecule has 7 heteroatoms. The van der Waals surface area contributed by atoms with Crippen LogP contribution in [0, 0.1) is 0 Å². The molecule has 0 aliphatic heterocycles. The molecule has 1 heterocycles. The first-order chi connectivity index (χ1) is 12.6. The molecule has 0 radical (unpaired) electrons. The van der Waals surface area contributed by atoms with Crippen molar-refractivity contribution in [1.82, 2.24) is 4.98 Å². The molecule has 0 unspecified atom stereocenters. The highest BCUT2D eigenvalue weighted by molar-refractivity contribution is 7.20. The van der Waals surface area contributed by atoms with Gasteiger partial charge < -0.3 is 14.2 Å². The van der Waals surface area contributed by atoms with Crippen LogP contribution in [0.1, 0.15) is 11.1 Å². The third kappa shape index (κ3) is 3.81. The molecular weight excluding hydrogens is 374 g/mol. The summed E-state index contributed by atoms with van der Waals surface area (Å²) < 4.78 is 16.7. The molecular formula is C19H16ClNO4S. The minimum Gasteiger partial charge on any atom is -0.503 e. The van der Waals surface area contributed by atoms with E-state index in [1.165, 1.54) is 31.8 Å². The number of thiazole rings is 1. The monoisotopic (exact) mass is 389 g/mol. The summed E-state index contributed by atoms with van der Waals surface area (Å²) in [5, 5.41) is 1.10. The molecule has 26 heavy (non-hydrogen) atoms. The molecule has 0 atom stereocenters. The van der Waals surface area contributed by atoms with Crippen molar-refractivity contribution in [2.75, 3.05) is 14.2 Å². The van der Waals surface area contributed by atoms with E-state index >= 15 is 0 Å². The molecule has 0 fully saturated rings. The second kappa shape index (κ2) is 8.21. The molecule has 3 rings (SSSR count). The summed E-state index contributed by atoms with van der Waals surface area (Å²) in [4.78, 5) is 16.5. The van der Waals surface area contributed by atoms with Gasteiger partial charge in [-0.05, 0) is 23.3 Å². The van der Waals surface area contributed by atoms with Gasteiger partial charge in [0.2, 0.25) is 0 Å². The average molecular weight is 390 g/mol. The third-order valence-corrected chi connectivity index (χ3v) is 4.89. The van der Waals surface area contributed by atoms with Crippen molar-refractivity contribution in [3.8, 4) is 5.19 Å². The number of para-hydroxylation sites is 1. The van der Waals surface area contributed by atoms with Crippen molar-refractivity contribution in [3.05, 3.63) is 64.9 Å². The van der Waals surface area contributed by atoms with Crippen LogP contribution in [0.5, 0.6) is 5.19 Å². The zero-order valence-electron chi connectivity index (χ0n) is 14.2. The van der Waals surface area contributed by atoms with Crippen LogP contribution in [-0.2, 0) is 20.9 Å². The van der Waals surface area contributed by atoms with Gasteiger partial charge in [-0.15, -0.1) is 0 Å². The van der Waals surface area contributed by atoms with Crippen LogP contribution in [0.15, 0.2) is 48.7 Å². The zero-order chi connectivity index (χ0) is 18.5. The smallest absolute Gasteiger partial charge is 0.341 e. The van der Waals surface area contributed by atoms with E-state index in [2.05, 4.69) is 4.98 Å². The Labute approximate surface area is 159 Å². The van der Waals surface area contributed by atoms with Gasteiger partial charge in [-0.25, -0.2) is 9.78 Å². The van der Waals surface area contributed by atoms with Gasteiger partial charge >= 0.3 is 5.97 Å². The van der Waals surface area contributed by atoms with Gasteiger partial charge in [0.25, 0.3) is 5.19 Å². The van der Waals surface area contributed by atoms with Gasteiger partial charge in [0.05, 0.1) is 30.2 Å². The molecule has 0 N–H and O–H groups in total. The second-order valence-electron chi connectivity index (χ2n) is 5.27. The quantitative estimate of drug-likeness (QED) is 0.348. The summed E-state index contributed by atoms with van der Waals surface area (Å²) in [6, 6.07) is 13.0. The van der Waals surface area contributed by atoms with Crippen molar-refractivity contribution in [2.24, 2.45) is 0 Å². The van der Waals surface area contributed by atoms with Crippen LogP contribution in [0.3, 0.4) is 0 Å².